The van der Waals surface area contributed by atoms with Gasteiger partial charge in [-0.05, 0) is 23.1 Å². The van der Waals surface area contributed by atoms with E-state index in [1.165, 1.54) is 0 Å². The lowest BCUT2D eigenvalue weighted by atomic mass is 9.77. The Kier molecular flexibility index (Phi) is 3.14. The molecular formula is C12H18FN. The van der Waals surface area contributed by atoms with Crippen LogP contribution < -0.4 is 5.73 Å². The van der Waals surface area contributed by atoms with Crippen LogP contribution in [0.25, 0.3) is 0 Å². The number of rotatable bonds is 2. The Morgan fingerprint density at radius 2 is 2.00 bits per heavy atom. The average molecular weight is 195 g/mol. The molecule has 0 spiro atoms. The summed E-state index contributed by atoms with van der Waals surface area (Å²) in [4.78, 5) is 0. The predicted molar refractivity (Wildman–Crippen MR) is 59.0 cm³/mol. The second-order valence-electron chi connectivity index (χ2n) is 4.74. The van der Waals surface area contributed by atoms with Crippen molar-refractivity contribution in [3.63, 3.8) is 0 Å². The molecule has 0 bridgehead atoms. The normalized spacial score (nSPS) is 14.0. The van der Waals surface area contributed by atoms with E-state index in [2.05, 4.69) is 0 Å². The first-order valence-corrected chi connectivity index (χ1v) is 4.86. The third-order valence-electron chi connectivity index (χ3n) is 2.51. The van der Waals surface area contributed by atoms with Crippen molar-refractivity contribution >= 4 is 5.69 Å². The average Bonchev–Trinajstić information content (AvgIpc) is 2.02. The van der Waals surface area contributed by atoms with E-state index in [1.54, 1.807) is 0 Å². The minimum Gasteiger partial charge on any atom is -0.399 e. The predicted octanol–water partition coefficient (Wildman–Crippen LogP) is 3.37. The second-order valence-corrected chi connectivity index (χ2v) is 4.74. The van der Waals surface area contributed by atoms with Crippen LogP contribution in [0.15, 0.2) is 24.3 Å². The van der Waals surface area contributed by atoms with Crippen molar-refractivity contribution in [1.29, 1.82) is 0 Å². The molecule has 0 amide bonds. The number of nitrogen functional groups attached to an aromatic ring is 1. The summed E-state index contributed by atoms with van der Waals surface area (Å²) in [5.41, 5.74) is 7.29. The maximum absolute atomic E-state index is 12.9. The molecule has 2 heteroatoms. The molecule has 1 unspecified atom stereocenters. The summed E-state index contributed by atoms with van der Waals surface area (Å²) < 4.78 is 12.9. The number of alkyl halides is 1. The fraction of sp³-hybridized carbons (Fsp3) is 0.500. The topological polar surface area (TPSA) is 26.0 Å². The smallest absolute Gasteiger partial charge is 0.0967 e. The van der Waals surface area contributed by atoms with Crippen LogP contribution in [0.5, 0.6) is 0 Å². The van der Waals surface area contributed by atoms with Gasteiger partial charge in [0.1, 0.15) is 0 Å². The van der Waals surface area contributed by atoms with Crippen LogP contribution >= 0.6 is 0 Å². The lowest BCUT2D eigenvalue weighted by molar-refractivity contribution is 0.262. The number of anilines is 1. The maximum atomic E-state index is 12.9. The van der Waals surface area contributed by atoms with Crippen LogP contribution in [-0.2, 0) is 0 Å². The molecule has 78 valence electrons. The van der Waals surface area contributed by atoms with Crippen molar-refractivity contribution in [1.82, 2.24) is 0 Å². The van der Waals surface area contributed by atoms with E-state index in [4.69, 9.17) is 5.73 Å². The Morgan fingerprint density at radius 3 is 2.43 bits per heavy atom. The second kappa shape index (κ2) is 3.99. The SMILES string of the molecule is CC(C)(C)C(CF)c1cccc(N)c1. The number of hydrogen-bond donors (Lipinski definition) is 1. The zero-order valence-electron chi connectivity index (χ0n) is 9.05. The monoisotopic (exact) mass is 195 g/mol. The molecule has 1 aromatic rings. The highest BCUT2D eigenvalue weighted by molar-refractivity contribution is 5.42. The molecule has 0 heterocycles. The zero-order valence-corrected chi connectivity index (χ0v) is 9.05. The van der Waals surface area contributed by atoms with E-state index in [-0.39, 0.29) is 18.0 Å². The van der Waals surface area contributed by atoms with Gasteiger partial charge in [-0.15, -0.1) is 0 Å². The highest BCUT2D eigenvalue weighted by atomic mass is 19.1. The highest BCUT2D eigenvalue weighted by Crippen LogP contribution is 2.35. The molecule has 0 aliphatic carbocycles. The van der Waals surface area contributed by atoms with E-state index in [1.807, 2.05) is 45.0 Å². The number of halogens is 1. The third-order valence-corrected chi connectivity index (χ3v) is 2.51. The van der Waals surface area contributed by atoms with Crippen LogP contribution in [0.4, 0.5) is 10.1 Å². The molecular weight excluding hydrogens is 177 g/mol. The molecule has 0 aliphatic rings. The van der Waals surface area contributed by atoms with Crippen molar-refractivity contribution in [2.75, 3.05) is 12.4 Å². The molecule has 0 radical (unpaired) electrons. The number of hydrogen-bond acceptors (Lipinski definition) is 1. The van der Waals surface area contributed by atoms with Gasteiger partial charge >= 0.3 is 0 Å². The van der Waals surface area contributed by atoms with E-state index in [0.29, 0.717) is 5.69 Å². The van der Waals surface area contributed by atoms with Gasteiger partial charge in [0, 0.05) is 11.6 Å². The Bertz CT molecular complexity index is 301. The molecule has 0 saturated carbocycles. The van der Waals surface area contributed by atoms with Crippen LogP contribution in [0.3, 0.4) is 0 Å². The van der Waals surface area contributed by atoms with E-state index < -0.39 is 0 Å². The van der Waals surface area contributed by atoms with Crippen LogP contribution in [-0.4, -0.2) is 6.67 Å². The quantitative estimate of drug-likeness (QED) is 0.719. The molecule has 0 saturated heterocycles. The summed E-state index contributed by atoms with van der Waals surface area (Å²) in [6.07, 6.45) is 0. The van der Waals surface area contributed by atoms with Crippen molar-refractivity contribution in [3.05, 3.63) is 29.8 Å². The van der Waals surface area contributed by atoms with E-state index in [0.717, 1.165) is 5.56 Å². The van der Waals surface area contributed by atoms with Crippen molar-refractivity contribution in [3.8, 4) is 0 Å². The fourth-order valence-corrected chi connectivity index (χ4v) is 1.60. The van der Waals surface area contributed by atoms with Gasteiger partial charge in [0.05, 0.1) is 6.67 Å². The third kappa shape index (κ3) is 2.47. The molecule has 1 atom stereocenters. The van der Waals surface area contributed by atoms with E-state index in [9.17, 15) is 4.39 Å². The summed E-state index contributed by atoms with van der Waals surface area (Å²) in [6.45, 7) is 5.79. The van der Waals surface area contributed by atoms with Gasteiger partial charge in [-0.1, -0.05) is 32.9 Å². The summed E-state index contributed by atoms with van der Waals surface area (Å²) >= 11 is 0. The zero-order chi connectivity index (χ0) is 10.8. The summed E-state index contributed by atoms with van der Waals surface area (Å²) in [5, 5.41) is 0. The lowest BCUT2D eigenvalue weighted by Crippen LogP contribution is -2.20. The summed E-state index contributed by atoms with van der Waals surface area (Å²) in [5.74, 6) is -0.0778. The standard InChI is InChI=1S/C12H18FN/c1-12(2,3)11(8-13)9-5-4-6-10(14)7-9/h4-7,11H,8,14H2,1-3H3. The van der Waals surface area contributed by atoms with Crippen LogP contribution in [0, 0.1) is 5.41 Å². The van der Waals surface area contributed by atoms with Gasteiger partial charge in [-0.3, -0.25) is 4.39 Å². The molecule has 14 heavy (non-hydrogen) atoms. The minimum atomic E-state index is -0.340. The van der Waals surface area contributed by atoms with Crippen molar-refractivity contribution in [2.45, 2.75) is 26.7 Å². The first-order chi connectivity index (χ1) is 6.45. The molecule has 0 fully saturated rings. The molecule has 1 aromatic carbocycles. The lowest BCUT2D eigenvalue weighted by Gasteiger charge is -2.28. The molecule has 2 N–H and O–H groups in total. The molecule has 0 aromatic heterocycles. The minimum absolute atomic E-state index is 0.0669. The fourth-order valence-electron chi connectivity index (χ4n) is 1.60. The first-order valence-electron chi connectivity index (χ1n) is 4.86. The van der Waals surface area contributed by atoms with Crippen LogP contribution in [0.1, 0.15) is 32.3 Å². The van der Waals surface area contributed by atoms with E-state index >= 15 is 0 Å². The molecule has 0 aliphatic heterocycles. The highest BCUT2D eigenvalue weighted by Gasteiger charge is 2.26. The van der Waals surface area contributed by atoms with Crippen LogP contribution in [0.2, 0.25) is 0 Å². The molecule has 1 nitrogen and oxygen atoms in total. The largest absolute Gasteiger partial charge is 0.399 e. The van der Waals surface area contributed by atoms with Gasteiger partial charge in [-0.2, -0.15) is 0 Å². The van der Waals surface area contributed by atoms with Gasteiger partial charge < -0.3 is 5.73 Å². The van der Waals surface area contributed by atoms with Crippen molar-refractivity contribution < 1.29 is 4.39 Å². The Morgan fingerprint density at radius 1 is 1.36 bits per heavy atom. The van der Waals surface area contributed by atoms with Crippen molar-refractivity contribution in [2.24, 2.45) is 5.41 Å². The maximum Gasteiger partial charge on any atom is 0.0967 e. The molecule has 1 rings (SSSR count). The van der Waals surface area contributed by atoms with Gasteiger partial charge in [0.25, 0.3) is 0 Å². The summed E-state index contributed by atoms with van der Waals surface area (Å²) in [6, 6.07) is 7.49. The Labute approximate surface area is 85.1 Å². The number of benzene rings is 1. The summed E-state index contributed by atoms with van der Waals surface area (Å²) in [7, 11) is 0. The van der Waals surface area contributed by atoms with Gasteiger partial charge in [-0.25, -0.2) is 0 Å². The number of nitrogens with two attached hydrogens (primary N) is 1. The van der Waals surface area contributed by atoms with Gasteiger partial charge in [0.15, 0.2) is 0 Å². The van der Waals surface area contributed by atoms with Gasteiger partial charge in [0.2, 0.25) is 0 Å². The Balaban J connectivity index is 3.01. The Hall–Kier alpha value is -1.05. The first kappa shape index (κ1) is 11.0.